The zero-order chi connectivity index (χ0) is 15.5. The van der Waals surface area contributed by atoms with Gasteiger partial charge in [-0.3, -0.25) is 4.79 Å². The fourth-order valence-corrected chi connectivity index (χ4v) is 2.36. The van der Waals surface area contributed by atoms with Crippen molar-refractivity contribution in [2.45, 2.75) is 20.4 Å². The first kappa shape index (κ1) is 16.2. The van der Waals surface area contributed by atoms with Crippen molar-refractivity contribution in [2.24, 2.45) is 0 Å². The van der Waals surface area contributed by atoms with E-state index in [1.165, 1.54) is 31.9 Å². The van der Waals surface area contributed by atoms with Crippen molar-refractivity contribution in [1.82, 2.24) is 4.90 Å². The molecule has 0 saturated carbocycles. The summed E-state index contributed by atoms with van der Waals surface area (Å²) in [5.41, 5.74) is 0.0297. The molecular weight excluding hydrogens is 286 g/mol. The summed E-state index contributed by atoms with van der Waals surface area (Å²) in [5, 5.41) is 8.89. The summed E-state index contributed by atoms with van der Waals surface area (Å²) in [6.07, 6.45) is 0. The van der Waals surface area contributed by atoms with Crippen LogP contribution in [-0.2, 0) is 21.2 Å². The Morgan fingerprint density at radius 1 is 1.40 bits per heavy atom. The standard InChI is InChI=1S/C12H17NO6S/c1-4-20(17,18)7-11(14)13(3)6-9-5-10(12(15)16)8(2)19-9/h5H,4,6-7H2,1-3H3,(H,15,16). The second kappa shape index (κ2) is 6.08. The summed E-state index contributed by atoms with van der Waals surface area (Å²) < 4.78 is 28.0. The third kappa shape index (κ3) is 4.09. The topological polar surface area (TPSA) is 105 Å². The highest BCUT2D eigenvalue weighted by atomic mass is 32.2. The first-order chi connectivity index (χ1) is 9.16. The highest BCUT2D eigenvalue weighted by Crippen LogP contribution is 2.16. The van der Waals surface area contributed by atoms with Gasteiger partial charge in [-0.25, -0.2) is 13.2 Å². The first-order valence-electron chi connectivity index (χ1n) is 5.93. The molecule has 1 N–H and O–H groups in total. The van der Waals surface area contributed by atoms with Gasteiger partial charge in [0.05, 0.1) is 6.54 Å². The highest BCUT2D eigenvalue weighted by molar-refractivity contribution is 7.92. The molecule has 0 aliphatic carbocycles. The number of rotatable bonds is 6. The van der Waals surface area contributed by atoms with Gasteiger partial charge in [0.25, 0.3) is 0 Å². The van der Waals surface area contributed by atoms with Gasteiger partial charge in [0, 0.05) is 12.8 Å². The SMILES string of the molecule is CCS(=O)(=O)CC(=O)N(C)Cc1cc(C(=O)O)c(C)o1. The second-order valence-electron chi connectivity index (χ2n) is 4.41. The molecule has 0 radical (unpaired) electrons. The molecule has 0 saturated heterocycles. The van der Waals surface area contributed by atoms with E-state index in [0.29, 0.717) is 5.76 Å². The Morgan fingerprint density at radius 3 is 2.45 bits per heavy atom. The summed E-state index contributed by atoms with van der Waals surface area (Å²) in [6.45, 7) is 3.00. The van der Waals surface area contributed by atoms with Gasteiger partial charge in [-0.15, -0.1) is 0 Å². The molecule has 8 heteroatoms. The molecule has 0 spiro atoms. The van der Waals surface area contributed by atoms with Crippen LogP contribution in [0.15, 0.2) is 10.5 Å². The monoisotopic (exact) mass is 303 g/mol. The number of nitrogens with zero attached hydrogens (tertiary/aromatic N) is 1. The van der Waals surface area contributed by atoms with Crippen LogP contribution in [0.4, 0.5) is 0 Å². The van der Waals surface area contributed by atoms with Crippen LogP contribution in [0.5, 0.6) is 0 Å². The molecule has 0 fully saturated rings. The van der Waals surface area contributed by atoms with E-state index in [2.05, 4.69) is 0 Å². The lowest BCUT2D eigenvalue weighted by molar-refractivity contribution is -0.127. The molecule has 0 aliphatic rings. The Labute approximate surface area is 117 Å². The molecule has 1 aromatic rings. The van der Waals surface area contributed by atoms with Gasteiger partial charge < -0.3 is 14.4 Å². The van der Waals surface area contributed by atoms with E-state index >= 15 is 0 Å². The lowest BCUT2D eigenvalue weighted by Gasteiger charge is -2.15. The van der Waals surface area contributed by atoms with Crippen molar-refractivity contribution in [3.8, 4) is 0 Å². The van der Waals surface area contributed by atoms with Crippen LogP contribution in [0.25, 0.3) is 0 Å². The van der Waals surface area contributed by atoms with Gasteiger partial charge in [-0.1, -0.05) is 6.92 Å². The molecule has 1 amide bonds. The minimum Gasteiger partial charge on any atom is -0.478 e. The van der Waals surface area contributed by atoms with Crippen LogP contribution in [0, 0.1) is 6.92 Å². The lowest BCUT2D eigenvalue weighted by atomic mass is 10.2. The van der Waals surface area contributed by atoms with Crippen molar-refractivity contribution in [1.29, 1.82) is 0 Å². The Kier molecular flexibility index (Phi) is 4.93. The zero-order valence-corrected chi connectivity index (χ0v) is 12.4. The van der Waals surface area contributed by atoms with Crippen LogP contribution in [0.3, 0.4) is 0 Å². The maximum Gasteiger partial charge on any atom is 0.339 e. The number of carboxylic acids is 1. The van der Waals surface area contributed by atoms with Gasteiger partial charge in [-0.2, -0.15) is 0 Å². The van der Waals surface area contributed by atoms with Crippen molar-refractivity contribution in [3.63, 3.8) is 0 Å². The van der Waals surface area contributed by atoms with E-state index in [1.807, 2.05) is 0 Å². The number of aryl methyl sites for hydroxylation is 1. The van der Waals surface area contributed by atoms with Gasteiger partial charge >= 0.3 is 5.97 Å². The maximum atomic E-state index is 11.7. The van der Waals surface area contributed by atoms with Crippen LogP contribution in [0.2, 0.25) is 0 Å². The summed E-state index contributed by atoms with van der Waals surface area (Å²) in [7, 11) is -1.95. The number of carbonyl (C=O) groups excluding carboxylic acids is 1. The summed E-state index contributed by atoms with van der Waals surface area (Å²) in [6, 6.07) is 1.33. The fourth-order valence-electron chi connectivity index (χ4n) is 1.56. The second-order valence-corrected chi connectivity index (χ2v) is 6.77. The molecule has 0 aliphatic heterocycles. The summed E-state index contributed by atoms with van der Waals surface area (Å²) >= 11 is 0. The minimum absolute atomic E-state index is 0.0200. The predicted molar refractivity (Wildman–Crippen MR) is 71.2 cm³/mol. The molecule has 1 rings (SSSR count). The van der Waals surface area contributed by atoms with Crippen LogP contribution in [0.1, 0.15) is 28.8 Å². The fraction of sp³-hybridized carbons (Fsp3) is 0.500. The quantitative estimate of drug-likeness (QED) is 0.828. The number of hydrogen-bond donors (Lipinski definition) is 1. The van der Waals surface area contributed by atoms with Crippen LogP contribution >= 0.6 is 0 Å². The number of furan rings is 1. The third-order valence-corrected chi connectivity index (χ3v) is 4.37. The van der Waals surface area contributed by atoms with Crippen molar-refractivity contribution < 1.29 is 27.5 Å². The van der Waals surface area contributed by atoms with Gasteiger partial charge in [-0.05, 0) is 13.0 Å². The Morgan fingerprint density at radius 2 is 2.00 bits per heavy atom. The van der Waals surface area contributed by atoms with E-state index in [1.54, 1.807) is 0 Å². The van der Waals surface area contributed by atoms with E-state index in [9.17, 15) is 18.0 Å². The molecule has 0 bridgehead atoms. The lowest BCUT2D eigenvalue weighted by Crippen LogP contribution is -2.32. The first-order valence-corrected chi connectivity index (χ1v) is 7.75. The van der Waals surface area contributed by atoms with E-state index in [4.69, 9.17) is 9.52 Å². The molecule has 20 heavy (non-hydrogen) atoms. The Hall–Kier alpha value is -1.83. The average molecular weight is 303 g/mol. The maximum absolute atomic E-state index is 11.7. The molecule has 1 heterocycles. The molecule has 0 aromatic carbocycles. The molecular formula is C12H17NO6S. The minimum atomic E-state index is -3.39. The van der Waals surface area contributed by atoms with Crippen LogP contribution < -0.4 is 0 Å². The van der Waals surface area contributed by atoms with Crippen molar-refractivity contribution in [3.05, 3.63) is 23.2 Å². The molecule has 112 valence electrons. The van der Waals surface area contributed by atoms with E-state index in [0.717, 1.165) is 0 Å². The van der Waals surface area contributed by atoms with Crippen molar-refractivity contribution >= 4 is 21.7 Å². The van der Waals surface area contributed by atoms with Crippen molar-refractivity contribution in [2.75, 3.05) is 18.6 Å². The molecule has 0 atom stereocenters. The van der Waals surface area contributed by atoms with Gasteiger partial charge in [0.2, 0.25) is 5.91 Å². The number of hydrogen-bond acceptors (Lipinski definition) is 5. The summed E-state index contributed by atoms with van der Waals surface area (Å²) in [4.78, 5) is 23.8. The highest BCUT2D eigenvalue weighted by Gasteiger charge is 2.20. The van der Waals surface area contributed by atoms with Gasteiger partial charge in [0.15, 0.2) is 9.84 Å². The number of carbonyl (C=O) groups is 2. The smallest absolute Gasteiger partial charge is 0.339 e. The Balaban J connectivity index is 2.76. The third-order valence-electron chi connectivity index (χ3n) is 2.80. The van der Waals surface area contributed by atoms with Gasteiger partial charge in [0.1, 0.15) is 22.8 Å². The number of amides is 1. The number of carboxylic acid groups (broad SMARTS) is 1. The average Bonchev–Trinajstić information content (AvgIpc) is 2.69. The predicted octanol–water partition coefficient (Wildman–Crippen LogP) is 0.679. The normalized spacial score (nSPS) is 11.3. The largest absolute Gasteiger partial charge is 0.478 e. The number of sulfone groups is 1. The number of aromatic carboxylic acids is 1. The van der Waals surface area contributed by atoms with Crippen LogP contribution in [-0.4, -0.2) is 48.9 Å². The molecule has 1 aromatic heterocycles. The molecule has 0 unspecified atom stereocenters. The summed E-state index contributed by atoms with van der Waals surface area (Å²) in [5.74, 6) is -1.79. The molecule has 7 nitrogen and oxygen atoms in total. The Bertz CT molecular complexity index is 616. The van der Waals surface area contributed by atoms with E-state index in [-0.39, 0.29) is 23.6 Å². The zero-order valence-electron chi connectivity index (χ0n) is 11.5. The van der Waals surface area contributed by atoms with E-state index < -0.39 is 27.5 Å².